The summed E-state index contributed by atoms with van der Waals surface area (Å²) in [4.78, 5) is 11.5. The Morgan fingerprint density at radius 1 is 1.43 bits per heavy atom. The molecule has 0 N–H and O–H groups in total. The van der Waals surface area contributed by atoms with Crippen LogP contribution in [0.3, 0.4) is 0 Å². The van der Waals surface area contributed by atoms with Crippen molar-refractivity contribution in [2.75, 3.05) is 12.0 Å². The van der Waals surface area contributed by atoms with E-state index in [1.54, 1.807) is 11.8 Å². The third-order valence-electron chi connectivity index (χ3n) is 1.93. The zero-order valence-corrected chi connectivity index (χ0v) is 9.70. The summed E-state index contributed by atoms with van der Waals surface area (Å²) in [5.74, 6) is 1.15. The van der Waals surface area contributed by atoms with Gasteiger partial charge in [-0.3, -0.25) is 4.79 Å². The molecule has 0 unspecified atom stereocenters. The van der Waals surface area contributed by atoms with Crippen LogP contribution in [0.4, 0.5) is 0 Å². The van der Waals surface area contributed by atoms with E-state index in [4.69, 9.17) is 11.6 Å². The normalized spacial score (nSPS) is 10.1. The Balaban J connectivity index is 2.52. The van der Waals surface area contributed by atoms with Crippen LogP contribution >= 0.6 is 23.4 Å². The van der Waals surface area contributed by atoms with Gasteiger partial charge in [-0.15, -0.1) is 0 Å². The molecule has 76 valence electrons. The highest BCUT2D eigenvalue weighted by molar-refractivity contribution is 7.98. The second kappa shape index (κ2) is 6.10. The first kappa shape index (κ1) is 11.6. The lowest BCUT2D eigenvalue weighted by Crippen LogP contribution is -2.04. The summed E-state index contributed by atoms with van der Waals surface area (Å²) in [6.07, 6.45) is 3.09. The number of hydrogen-bond acceptors (Lipinski definition) is 2. The lowest BCUT2D eigenvalue weighted by Gasteiger charge is -2.02. The number of benzene rings is 1. The molecule has 1 aromatic carbocycles. The molecule has 0 saturated carbocycles. The molecule has 1 nitrogen and oxygen atoms in total. The molecule has 1 rings (SSSR count). The van der Waals surface area contributed by atoms with Crippen LogP contribution in [0.2, 0.25) is 5.02 Å². The highest BCUT2D eigenvalue weighted by Gasteiger charge is 2.05. The van der Waals surface area contributed by atoms with Gasteiger partial charge in [0.05, 0.1) is 0 Å². The van der Waals surface area contributed by atoms with Crippen molar-refractivity contribution in [1.82, 2.24) is 0 Å². The van der Waals surface area contributed by atoms with Gasteiger partial charge in [-0.2, -0.15) is 11.8 Å². The zero-order chi connectivity index (χ0) is 10.4. The highest BCUT2D eigenvalue weighted by Crippen LogP contribution is 2.16. The Morgan fingerprint density at radius 3 is 2.79 bits per heavy atom. The van der Waals surface area contributed by atoms with E-state index in [2.05, 4.69) is 0 Å². The quantitative estimate of drug-likeness (QED) is 0.770. The van der Waals surface area contributed by atoms with Gasteiger partial charge in [0.1, 0.15) is 5.78 Å². The van der Waals surface area contributed by atoms with Crippen LogP contribution in [-0.4, -0.2) is 17.8 Å². The van der Waals surface area contributed by atoms with Crippen molar-refractivity contribution in [1.29, 1.82) is 0 Å². The predicted molar refractivity (Wildman–Crippen MR) is 63.2 cm³/mol. The molecule has 1 aromatic rings. The van der Waals surface area contributed by atoms with Crippen LogP contribution < -0.4 is 0 Å². The summed E-state index contributed by atoms with van der Waals surface area (Å²) in [7, 11) is 0. The first-order chi connectivity index (χ1) is 6.74. The van der Waals surface area contributed by atoms with E-state index >= 15 is 0 Å². The van der Waals surface area contributed by atoms with E-state index in [1.807, 2.05) is 30.5 Å². The van der Waals surface area contributed by atoms with Gasteiger partial charge in [0.15, 0.2) is 0 Å². The van der Waals surface area contributed by atoms with Gasteiger partial charge in [0.25, 0.3) is 0 Å². The average Bonchev–Trinajstić information content (AvgIpc) is 2.18. The fourth-order valence-electron chi connectivity index (χ4n) is 1.16. The maximum atomic E-state index is 11.5. The molecule has 0 fully saturated rings. The largest absolute Gasteiger partial charge is 0.299 e. The maximum absolute atomic E-state index is 11.5. The molecule has 0 radical (unpaired) electrons. The maximum Gasteiger partial charge on any atom is 0.138 e. The van der Waals surface area contributed by atoms with Crippen molar-refractivity contribution in [3.63, 3.8) is 0 Å². The topological polar surface area (TPSA) is 17.1 Å². The molecule has 0 aliphatic heterocycles. The first-order valence-electron chi connectivity index (χ1n) is 4.48. The van der Waals surface area contributed by atoms with Crippen LogP contribution in [-0.2, 0) is 11.2 Å². The van der Waals surface area contributed by atoms with Crippen LogP contribution in [0.5, 0.6) is 0 Å². The second-order valence-electron chi connectivity index (χ2n) is 3.05. The van der Waals surface area contributed by atoms with Gasteiger partial charge in [-0.05, 0) is 23.6 Å². The van der Waals surface area contributed by atoms with Crippen molar-refractivity contribution in [3.05, 3.63) is 34.9 Å². The lowest BCUT2D eigenvalue weighted by atomic mass is 10.1. The van der Waals surface area contributed by atoms with E-state index in [-0.39, 0.29) is 5.78 Å². The van der Waals surface area contributed by atoms with Gasteiger partial charge in [0.2, 0.25) is 0 Å². The van der Waals surface area contributed by atoms with Gasteiger partial charge in [-0.25, -0.2) is 0 Å². The zero-order valence-electron chi connectivity index (χ0n) is 8.13. The summed E-state index contributed by atoms with van der Waals surface area (Å²) in [6.45, 7) is 0. The van der Waals surface area contributed by atoms with Crippen molar-refractivity contribution in [2.24, 2.45) is 0 Å². The standard InChI is InChI=1S/C11H13ClOS/c1-14-7-6-10(13)8-9-4-2-3-5-11(9)12/h2-5H,6-8H2,1H3. The molecule has 0 aromatic heterocycles. The van der Waals surface area contributed by atoms with E-state index in [0.29, 0.717) is 17.9 Å². The summed E-state index contributed by atoms with van der Waals surface area (Å²) >= 11 is 7.64. The minimum atomic E-state index is 0.257. The smallest absolute Gasteiger partial charge is 0.138 e. The molecule has 3 heteroatoms. The number of carbonyl (C=O) groups is 1. The molecule has 0 amide bonds. The fourth-order valence-corrected chi connectivity index (χ4v) is 1.79. The fraction of sp³-hybridized carbons (Fsp3) is 0.364. The number of ketones is 1. The predicted octanol–water partition coefficient (Wildman–Crippen LogP) is 3.20. The Kier molecular flexibility index (Phi) is 5.05. The molecule has 0 heterocycles. The van der Waals surface area contributed by atoms with Crippen LogP contribution in [0, 0.1) is 0 Å². The molecular formula is C11H13ClOS. The molecule has 14 heavy (non-hydrogen) atoms. The summed E-state index contributed by atoms with van der Waals surface area (Å²) in [5, 5.41) is 0.685. The number of Topliss-reactive ketones (excluding diaryl/α,β-unsaturated/α-hetero) is 1. The van der Waals surface area contributed by atoms with Crippen LogP contribution in [0.1, 0.15) is 12.0 Å². The van der Waals surface area contributed by atoms with Crippen molar-refractivity contribution >= 4 is 29.1 Å². The summed E-state index contributed by atoms with van der Waals surface area (Å²) < 4.78 is 0. The summed E-state index contributed by atoms with van der Waals surface area (Å²) in [5.41, 5.74) is 0.931. The SMILES string of the molecule is CSCCC(=O)Cc1ccccc1Cl. The molecule has 0 spiro atoms. The molecule has 0 saturated heterocycles. The van der Waals surface area contributed by atoms with E-state index in [9.17, 15) is 4.79 Å². The minimum absolute atomic E-state index is 0.257. The Hall–Kier alpha value is -0.470. The Labute approximate surface area is 93.8 Å². The van der Waals surface area contributed by atoms with Gasteiger partial charge >= 0.3 is 0 Å². The average molecular weight is 229 g/mol. The number of thioether (sulfide) groups is 1. The highest BCUT2D eigenvalue weighted by atomic mass is 35.5. The molecular weight excluding hydrogens is 216 g/mol. The number of halogens is 1. The Bertz CT molecular complexity index is 312. The van der Waals surface area contributed by atoms with Crippen molar-refractivity contribution in [2.45, 2.75) is 12.8 Å². The first-order valence-corrected chi connectivity index (χ1v) is 6.25. The van der Waals surface area contributed by atoms with Gasteiger partial charge in [-0.1, -0.05) is 29.8 Å². The van der Waals surface area contributed by atoms with Crippen molar-refractivity contribution < 1.29 is 4.79 Å². The second-order valence-corrected chi connectivity index (χ2v) is 4.44. The number of hydrogen-bond donors (Lipinski definition) is 0. The molecule has 0 atom stereocenters. The third-order valence-corrected chi connectivity index (χ3v) is 2.91. The molecule has 0 aliphatic carbocycles. The van der Waals surface area contributed by atoms with Gasteiger partial charge in [0, 0.05) is 17.9 Å². The van der Waals surface area contributed by atoms with E-state index in [0.717, 1.165) is 11.3 Å². The van der Waals surface area contributed by atoms with E-state index in [1.165, 1.54) is 0 Å². The van der Waals surface area contributed by atoms with Gasteiger partial charge < -0.3 is 0 Å². The van der Waals surface area contributed by atoms with E-state index < -0.39 is 0 Å². The van der Waals surface area contributed by atoms with Crippen LogP contribution in [0.25, 0.3) is 0 Å². The third kappa shape index (κ3) is 3.72. The number of carbonyl (C=O) groups excluding carboxylic acids is 1. The van der Waals surface area contributed by atoms with Crippen molar-refractivity contribution in [3.8, 4) is 0 Å². The minimum Gasteiger partial charge on any atom is -0.299 e. The molecule has 0 aliphatic rings. The monoisotopic (exact) mass is 228 g/mol. The Morgan fingerprint density at radius 2 is 2.14 bits per heavy atom. The molecule has 0 bridgehead atoms. The lowest BCUT2D eigenvalue weighted by molar-refractivity contribution is -0.118. The summed E-state index contributed by atoms with van der Waals surface area (Å²) in [6, 6.07) is 7.50. The number of rotatable bonds is 5. The van der Waals surface area contributed by atoms with Crippen LogP contribution in [0.15, 0.2) is 24.3 Å².